The zero-order valence-electron chi connectivity index (χ0n) is 9.06. The van der Waals surface area contributed by atoms with Gasteiger partial charge < -0.3 is 4.74 Å². The molecule has 0 bridgehead atoms. The number of ether oxygens (including phenoxy) is 1. The van der Waals surface area contributed by atoms with Crippen molar-refractivity contribution in [2.75, 3.05) is 0 Å². The third-order valence-corrected chi connectivity index (χ3v) is 2.97. The van der Waals surface area contributed by atoms with Gasteiger partial charge in [-0.1, -0.05) is 41.4 Å². The van der Waals surface area contributed by atoms with Crippen molar-refractivity contribution >= 4 is 35.0 Å². The van der Waals surface area contributed by atoms with Gasteiger partial charge in [0.2, 0.25) is 6.08 Å². The quantitative estimate of drug-likeness (QED) is 0.601. The first-order valence-corrected chi connectivity index (χ1v) is 5.76. The second-order valence-corrected chi connectivity index (χ2v) is 4.11. The smallest absolute Gasteiger partial charge is 0.240 e. The molecule has 0 N–H and O–H groups in total. The maximum atomic E-state index is 10.3. The van der Waals surface area contributed by atoms with Crippen molar-refractivity contribution in [3.63, 3.8) is 0 Å². The molecule has 0 aromatic heterocycles. The van der Waals surface area contributed by atoms with E-state index in [0.29, 0.717) is 27.2 Å². The molecule has 0 heterocycles. The molecule has 2 aromatic carbocycles. The molecular weight excluding hydrogens is 273 g/mol. The lowest BCUT2D eigenvalue weighted by Crippen LogP contribution is -1.86. The van der Waals surface area contributed by atoms with Gasteiger partial charge in [0.15, 0.2) is 5.75 Å². The fraction of sp³-hybridized carbons (Fsp3) is 0. The van der Waals surface area contributed by atoms with Crippen LogP contribution in [0.3, 0.4) is 0 Å². The molecular formula is C13H7Cl2NO2. The predicted molar refractivity (Wildman–Crippen MR) is 70.8 cm³/mol. The van der Waals surface area contributed by atoms with Crippen molar-refractivity contribution in [2.24, 2.45) is 4.99 Å². The highest BCUT2D eigenvalue weighted by molar-refractivity contribution is 6.42. The van der Waals surface area contributed by atoms with E-state index >= 15 is 0 Å². The Morgan fingerprint density at radius 3 is 2.50 bits per heavy atom. The van der Waals surface area contributed by atoms with Crippen LogP contribution < -0.4 is 4.74 Å². The number of hydrogen-bond donors (Lipinski definition) is 0. The maximum absolute atomic E-state index is 10.3. The minimum absolute atomic E-state index is 0.309. The number of para-hydroxylation sites is 2. The van der Waals surface area contributed by atoms with Crippen LogP contribution in [-0.4, -0.2) is 6.08 Å². The first-order valence-electron chi connectivity index (χ1n) is 5.01. The summed E-state index contributed by atoms with van der Waals surface area (Å²) in [4.78, 5) is 13.9. The molecule has 0 radical (unpaired) electrons. The molecule has 0 saturated heterocycles. The zero-order chi connectivity index (χ0) is 13.0. The number of carbonyl (C=O) groups excluding carboxylic acids is 1. The van der Waals surface area contributed by atoms with Crippen LogP contribution in [-0.2, 0) is 4.79 Å². The van der Waals surface area contributed by atoms with Gasteiger partial charge in [0, 0.05) is 0 Å². The lowest BCUT2D eigenvalue weighted by atomic mass is 10.3. The molecule has 0 amide bonds. The molecule has 0 unspecified atom stereocenters. The summed E-state index contributed by atoms with van der Waals surface area (Å²) in [6, 6.07) is 11.9. The van der Waals surface area contributed by atoms with E-state index in [0.717, 1.165) is 0 Å². The summed E-state index contributed by atoms with van der Waals surface area (Å²) in [6.07, 6.45) is 1.47. The van der Waals surface area contributed by atoms with Gasteiger partial charge in [-0.15, -0.1) is 0 Å². The first kappa shape index (κ1) is 12.7. The molecule has 3 nitrogen and oxygen atoms in total. The second-order valence-electron chi connectivity index (χ2n) is 3.32. The fourth-order valence-corrected chi connectivity index (χ4v) is 1.70. The van der Waals surface area contributed by atoms with Gasteiger partial charge in [-0.05, 0) is 24.3 Å². The summed E-state index contributed by atoms with van der Waals surface area (Å²) in [6.45, 7) is 0. The van der Waals surface area contributed by atoms with E-state index in [2.05, 4.69) is 4.99 Å². The summed E-state index contributed by atoms with van der Waals surface area (Å²) in [7, 11) is 0. The Morgan fingerprint density at radius 2 is 1.72 bits per heavy atom. The fourth-order valence-electron chi connectivity index (χ4n) is 1.37. The maximum Gasteiger partial charge on any atom is 0.240 e. The van der Waals surface area contributed by atoms with Crippen LogP contribution in [0.25, 0.3) is 0 Å². The van der Waals surface area contributed by atoms with E-state index in [1.54, 1.807) is 42.5 Å². The highest BCUT2D eigenvalue weighted by atomic mass is 35.5. The Morgan fingerprint density at radius 1 is 1.00 bits per heavy atom. The minimum Gasteiger partial charge on any atom is -0.453 e. The van der Waals surface area contributed by atoms with Gasteiger partial charge in [0.25, 0.3) is 0 Å². The van der Waals surface area contributed by atoms with Crippen LogP contribution in [0.5, 0.6) is 11.5 Å². The zero-order valence-corrected chi connectivity index (χ0v) is 10.6. The highest BCUT2D eigenvalue weighted by Crippen LogP contribution is 2.37. The molecule has 0 spiro atoms. The molecule has 0 fully saturated rings. The lowest BCUT2D eigenvalue weighted by molar-refractivity contribution is 0.484. The summed E-state index contributed by atoms with van der Waals surface area (Å²) in [5.74, 6) is 0.808. The third-order valence-electron chi connectivity index (χ3n) is 2.17. The van der Waals surface area contributed by atoms with E-state index in [-0.39, 0.29) is 0 Å². The SMILES string of the molecule is O=C=Nc1ccccc1Oc1cccc(Cl)c1Cl. The predicted octanol–water partition coefficient (Wildman–Crippen LogP) is 4.75. The third kappa shape index (κ3) is 2.71. The standard InChI is InChI=1S/C13H7Cl2NO2/c14-9-4-3-7-12(13(9)15)18-11-6-2-1-5-10(11)16-8-17/h1-7H. The number of benzene rings is 2. The molecule has 2 rings (SSSR count). The van der Waals surface area contributed by atoms with Gasteiger partial charge >= 0.3 is 0 Å². The largest absolute Gasteiger partial charge is 0.453 e. The topological polar surface area (TPSA) is 38.7 Å². The number of aliphatic imine (C=N–C) groups is 1. The Labute approximate surface area is 114 Å². The van der Waals surface area contributed by atoms with E-state index in [1.807, 2.05) is 0 Å². The number of isocyanates is 1. The summed E-state index contributed by atoms with van der Waals surface area (Å²) < 4.78 is 5.58. The van der Waals surface area contributed by atoms with Crippen molar-refractivity contribution < 1.29 is 9.53 Å². The van der Waals surface area contributed by atoms with Crippen molar-refractivity contribution in [1.29, 1.82) is 0 Å². The van der Waals surface area contributed by atoms with Crippen molar-refractivity contribution in [3.05, 3.63) is 52.5 Å². The lowest BCUT2D eigenvalue weighted by Gasteiger charge is -2.09. The molecule has 0 aliphatic rings. The molecule has 0 aliphatic carbocycles. The molecule has 5 heteroatoms. The number of halogens is 2. The Hall–Kier alpha value is -1.80. The highest BCUT2D eigenvalue weighted by Gasteiger charge is 2.09. The van der Waals surface area contributed by atoms with Crippen LogP contribution in [0.15, 0.2) is 47.5 Å². The molecule has 18 heavy (non-hydrogen) atoms. The summed E-state index contributed by atoms with van der Waals surface area (Å²) in [5, 5.41) is 0.703. The molecule has 90 valence electrons. The van der Waals surface area contributed by atoms with Crippen LogP contribution in [0, 0.1) is 0 Å². The van der Waals surface area contributed by atoms with E-state index in [9.17, 15) is 4.79 Å². The van der Waals surface area contributed by atoms with Crippen LogP contribution in [0.2, 0.25) is 10.0 Å². The van der Waals surface area contributed by atoms with Crippen LogP contribution in [0.4, 0.5) is 5.69 Å². The van der Waals surface area contributed by atoms with Crippen molar-refractivity contribution in [3.8, 4) is 11.5 Å². The number of rotatable bonds is 3. The average molecular weight is 280 g/mol. The van der Waals surface area contributed by atoms with Crippen molar-refractivity contribution in [1.82, 2.24) is 0 Å². The Bertz CT molecular complexity index is 622. The monoisotopic (exact) mass is 279 g/mol. The van der Waals surface area contributed by atoms with Crippen LogP contribution >= 0.6 is 23.2 Å². The van der Waals surface area contributed by atoms with Crippen molar-refractivity contribution in [2.45, 2.75) is 0 Å². The first-order chi connectivity index (χ1) is 8.72. The van der Waals surface area contributed by atoms with E-state index in [1.165, 1.54) is 6.08 Å². The number of nitrogens with zero attached hydrogens (tertiary/aromatic N) is 1. The second kappa shape index (κ2) is 5.69. The van der Waals surface area contributed by atoms with Gasteiger partial charge in [-0.3, -0.25) is 0 Å². The van der Waals surface area contributed by atoms with E-state index < -0.39 is 0 Å². The Kier molecular flexibility index (Phi) is 4.00. The van der Waals surface area contributed by atoms with Gasteiger partial charge in [0.05, 0.1) is 5.02 Å². The minimum atomic E-state index is 0.309. The molecule has 0 saturated carbocycles. The summed E-state index contributed by atoms with van der Waals surface area (Å²) >= 11 is 11.9. The number of hydrogen-bond acceptors (Lipinski definition) is 3. The molecule has 0 atom stereocenters. The average Bonchev–Trinajstić information content (AvgIpc) is 2.37. The summed E-state index contributed by atoms with van der Waals surface area (Å²) in [5.41, 5.74) is 0.378. The molecule has 2 aromatic rings. The Balaban J connectivity index is 2.40. The van der Waals surface area contributed by atoms with E-state index in [4.69, 9.17) is 27.9 Å². The normalized spacial score (nSPS) is 9.67. The van der Waals surface area contributed by atoms with Gasteiger partial charge in [-0.25, -0.2) is 4.79 Å². The van der Waals surface area contributed by atoms with Crippen LogP contribution in [0.1, 0.15) is 0 Å². The van der Waals surface area contributed by atoms with Gasteiger partial charge in [0.1, 0.15) is 16.5 Å². The van der Waals surface area contributed by atoms with Gasteiger partial charge in [-0.2, -0.15) is 4.99 Å². The molecule has 0 aliphatic heterocycles.